The van der Waals surface area contributed by atoms with Crippen LogP contribution in [0.5, 0.6) is 0 Å². The highest BCUT2D eigenvalue weighted by Gasteiger charge is 2.11. The molecular formula is C12H8N4S. The number of pyridine rings is 1. The van der Waals surface area contributed by atoms with Gasteiger partial charge in [0.15, 0.2) is 4.96 Å². The highest BCUT2D eigenvalue weighted by atomic mass is 32.1. The van der Waals surface area contributed by atoms with Gasteiger partial charge in [-0.1, -0.05) is 0 Å². The molecule has 5 heteroatoms. The molecule has 3 rings (SSSR count). The highest BCUT2D eigenvalue weighted by Crippen LogP contribution is 2.26. The number of rotatable bonds is 2. The molecule has 0 aromatic carbocycles. The first-order valence-corrected chi connectivity index (χ1v) is 5.99. The SMILES string of the molecule is N#CCc1cnc2scc(-c3cccnc3)n12. The molecule has 17 heavy (non-hydrogen) atoms. The lowest BCUT2D eigenvalue weighted by Gasteiger charge is -2.00. The van der Waals surface area contributed by atoms with Gasteiger partial charge in [-0.25, -0.2) is 4.98 Å². The van der Waals surface area contributed by atoms with Crippen LogP contribution in [0.15, 0.2) is 36.1 Å². The molecular weight excluding hydrogens is 232 g/mol. The van der Waals surface area contributed by atoms with Gasteiger partial charge in [0.1, 0.15) is 0 Å². The third kappa shape index (κ3) is 1.59. The van der Waals surface area contributed by atoms with E-state index in [0.717, 1.165) is 21.9 Å². The fourth-order valence-corrected chi connectivity index (χ4v) is 2.68. The van der Waals surface area contributed by atoms with Gasteiger partial charge >= 0.3 is 0 Å². The minimum Gasteiger partial charge on any atom is -0.286 e. The molecule has 0 spiro atoms. The molecule has 3 heterocycles. The summed E-state index contributed by atoms with van der Waals surface area (Å²) in [6.45, 7) is 0. The molecule has 0 saturated carbocycles. The van der Waals surface area contributed by atoms with Crippen molar-refractivity contribution in [2.75, 3.05) is 0 Å². The number of fused-ring (bicyclic) bond motifs is 1. The first kappa shape index (κ1) is 10.00. The number of nitrogens with zero attached hydrogens (tertiary/aromatic N) is 4. The Balaban J connectivity index is 2.24. The van der Waals surface area contributed by atoms with E-state index >= 15 is 0 Å². The number of thiazole rings is 1. The Morgan fingerprint density at radius 2 is 2.35 bits per heavy atom. The van der Waals surface area contributed by atoms with E-state index in [0.29, 0.717) is 6.42 Å². The molecule has 0 atom stereocenters. The van der Waals surface area contributed by atoms with Crippen LogP contribution in [0.4, 0.5) is 0 Å². The average Bonchev–Trinajstić information content (AvgIpc) is 2.94. The summed E-state index contributed by atoms with van der Waals surface area (Å²) in [7, 11) is 0. The van der Waals surface area contributed by atoms with E-state index in [1.165, 1.54) is 0 Å². The van der Waals surface area contributed by atoms with Crippen LogP contribution in [-0.4, -0.2) is 14.4 Å². The fourth-order valence-electron chi connectivity index (χ4n) is 1.79. The summed E-state index contributed by atoms with van der Waals surface area (Å²) in [6, 6.07) is 6.07. The van der Waals surface area contributed by atoms with Gasteiger partial charge in [0.25, 0.3) is 0 Å². The molecule has 82 valence electrons. The van der Waals surface area contributed by atoms with Gasteiger partial charge in [-0.15, -0.1) is 11.3 Å². The molecule has 0 aliphatic heterocycles. The van der Waals surface area contributed by atoms with Gasteiger partial charge in [-0.05, 0) is 12.1 Å². The lowest BCUT2D eigenvalue weighted by atomic mass is 10.2. The second-order valence-corrected chi connectivity index (χ2v) is 4.40. The molecule has 0 fully saturated rings. The van der Waals surface area contributed by atoms with E-state index in [-0.39, 0.29) is 0 Å². The smallest absolute Gasteiger partial charge is 0.194 e. The molecule has 0 amide bonds. The Labute approximate surface area is 102 Å². The molecule has 0 unspecified atom stereocenters. The summed E-state index contributed by atoms with van der Waals surface area (Å²) < 4.78 is 2.02. The number of aromatic nitrogens is 3. The third-order valence-electron chi connectivity index (χ3n) is 2.54. The predicted octanol–water partition coefficient (Wildman–Crippen LogP) is 2.52. The minimum atomic E-state index is 0.366. The molecule has 3 aromatic rings. The largest absolute Gasteiger partial charge is 0.286 e. The lowest BCUT2D eigenvalue weighted by molar-refractivity contribution is 1.07. The van der Waals surface area contributed by atoms with E-state index < -0.39 is 0 Å². The summed E-state index contributed by atoms with van der Waals surface area (Å²) in [5.74, 6) is 0. The van der Waals surface area contributed by atoms with E-state index in [4.69, 9.17) is 5.26 Å². The number of hydrogen-bond acceptors (Lipinski definition) is 4. The van der Waals surface area contributed by atoms with Crippen LogP contribution in [0.2, 0.25) is 0 Å². The minimum absolute atomic E-state index is 0.366. The Morgan fingerprint density at radius 3 is 3.12 bits per heavy atom. The van der Waals surface area contributed by atoms with Crippen molar-refractivity contribution in [2.24, 2.45) is 0 Å². The van der Waals surface area contributed by atoms with Crippen LogP contribution in [-0.2, 0) is 6.42 Å². The van der Waals surface area contributed by atoms with E-state index in [1.54, 1.807) is 23.7 Å². The van der Waals surface area contributed by atoms with Crippen LogP contribution in [0.1, 0.15) is 5.69 Å². The van der Waals surface area contributed by atoms with Crippen LogP contribution in [0.3, 0.4) is 0 Å². The van der Waals surface area contributed by atoms with Gasteiger partial charge in [-0.2, -0.15) is 5.26 Å². The van der Waals surface area contributed by atoms with Crippen molar-refractivity contribution in [1.29, 1.82) is 5.26 Å². The van der Waals surface area contributed by atoms with Gasteiger partial charge in [-0.3, -0.25) is 9.38 Å². The van der Waals surface area contributed by atoms with Gasteiger partial charge < -0.3 is 0 Å². The van der Waals surface area contributed by atoms with Crippen LogP contribution < -0.4 is 0 Å². The zero-order valence-electron chi connectivity index (χ0n) is 8.87. The van der Waals surface area contributed by atoms with E-state index in [1.807, 2.05) is 28.1 Å². The zero-order chi connectivity index (χ0) is 11.7. The second-order valence-electron chi connectivity index (χ2n) is 3.57. The summed E-state index contributed by atoms with van der Waals surface area (Å²) >= 11 is 1.57. The van der Waals surface area contributed by atoms with Crippen molar-refractivity contribution in [3.05, 3.63) is 41.8 Å². The topological polar surface area (TPSA) is 54.0 Å². The van der Waals surface area contributed by atoms with Crippen LogP contribution in [0.25, 0.3) is 16.2 Å². The Hall–Kier alpha value is -2.19. The molecule has 0 saturated heterocycles. The Kier molecular flexibility index (Phi) is 2.35. The monoisotopic (exact) mass is 240 g/mol. The molecule has 0 N–H and O–H groups in total. The van der Waals surface area contributed by atoms with Crippen LogP contribution in [0, 0.1) is 11.3 Å². The molecule has 0 radical (unpaired) electrons. The van der Waals surface area contributed by atoms with Crippen molar-refractivity contribution in [3.63, 3.8) is 0 Å². The first-order valence-electron chi connectivity index (χ1n) is 5.11. The first-order chi connectivity index (χ1) is 8.40. The number of hydrogen-bond donors (Lipinski definition) is 0. The highest BCUT2D eigenvalue weighted by molar-refractivity contribution is 7.15. The Bertz CT molecular complexity index is 690. The number of nitriles is 1. The zero-order valence-corrected chi connectivity index (χ0v) is 9.68. The van der Waals surface area contributed by atoms with E-state index in [9.17, 15) is 0 Å². The predicted molar refractivity (Wildman–Crippen MR) is 65.6 cm³/mol. The molecule has 4 nitrogen and oxygen atoms in total. The van der Waals surface area contributed by atoms with Crippen molar-refractivity contribution in [1.82, 2.24) is 14.4 Å². The van der Waals surface area contributed by atoms with Gasteiger partial charge in [0.05, 0.1) is 30.1 Å². The normalized spacial score (nSPS) is 10.5. The summed E-state index contributed by atoms with van der Waals surface area (Å²) in [6.07, 6.45) is 5.69. The lowest BCUT2D eigenvalue weighted by Crippen LogP contribution is -1.92. The van der Waals surface area contributed by atoms with Gasteiger partial charge in [0, 0.05) is 23.3 Å². The molecule has 0 aliphatic rings. The molecule has 0 bridgehead atoms. The number of imidazole rings is 1. The van der Waals surface area contributed by atoms with Crippen molar-refractivity contribution < 1.29 is 0 Å². The van der Waals surface area contributed by atoms with Gasteiger partial charge in [0.2, 0.25) is 0 Å². The standard InChI is InChI=1S/C12H8N4S/c13-4-3-10-7-15-12-16(10)11(8-17-12)9-2-1-5-14-6-9/h1-2,5-8H,3H2. The second kappa shape index (κ2) is 4.00. The Morgan fingerprint density at radius 1 is 1.41 bits per heavy atom. The fraction of sp³-hybridized carbons (Fsp3) is 0.0833. The third-order valence-corrected chi connectivity index (χ3v) is 3.38. The van der Waals surface area contributed by atoms with Crippen molar-refractivity contribution in [3.8, 4) is 17.3 Å². The molecule has 0 aliphatic carbocycles. The van der Waals surface area contributed by atoms with E-state index in [2.05, 4.69) is 16.0 Å². The summed E-state index contributed by atoms with van der Waals surface area (Å²) in [5, 5.41) is 10.8. The summed E-state index contributed by atoms with van der Waals surface area (Å²) in [4.78, 5) is 9.32. The summed E-state index contributed by atoms with van der Waals surface area (Å²) in [5.41, 5.74) is 3.00. The molecule has 3 aromatic heterocycles. The maximum Gasteiger partial charge on any atom is 0.194 e. The average molecular weight is 240 g/mol. The maximum absolute atomic E-state index is 8.80. The maximum atomic E-state index is 8.80. The quantitative estimate of drug-likeness (QED) is 0.691. The van der Waals surface area contributed by atoms with Crippen LogP contribution >= 0.6 is 11.3 Å². The van der Waals surface area contributed by atoms with Crippen molar-refractivity contribution >= 4 is 16.3 Å². The van der Waals surface area contributed by atoms with Crippen molar-refractivity contribution in [2.45, 2.75) is 6.42 Å².